The Morgan fingerprint density at radius 3 is 2.76 bits per heavy atom. The van der Waals surface area contributed by atoms with E-state index in [-0.39, 0.29) is 6.42 Å². The Morgan fingerprint density at radius 2 is 2.10 bits per heavy atom. The van der Waals surface area contributed by atoms with Crippen molar-refractivity contribution in [1.82, 2.24) is 0 Å². The minimum absolute atomic E-state index is 0.0463. The van der Waals surface area contributed by atoms with E-state index < -0.39 is 35.5 Å². The first-order chi connectivity index (χ1) is 9.94. The third-order valence-corrected chi connectivity index (χ3v) is 3.99. The molecule has 0 saturated carbocycles. The van der Waals surface area contributed by atoms with Crippen molar-refractivity contribution in [3.63, 3.8) is 0 Å². The van der Waals surface area contributed by atoms with Crippen molar-refractivity contribution < 1.29 is 28.9 Å². The molecule has 1 N–H and O–H groups in total. The molecule has 6 heteroatoms. The lowest BCUT2D eigenvalue weighted by atomic mass is 9.93. The summed E-state index contributed by atoms with van der Waals surface area (Å²) in [7, 11) is 0. The molecule has 2 fully saturated rings. The van der Waals surface area contributed by atoms with Crippen molar-refractivity contribution in [2.45, 2.75) is 56.4 Å². The standard InChI is InChI=1S/C15H18O6/c1-10(16)19-13-12(18)11(17)9-15(20-13)8-7-14(21-15)5-3-2-4-6-14/h3-6,12-13,18H,2,7-9H2,1H3/t12?,13-,15+/m0/s1. The number of carbonyl (C=O) groups excluding carboxylic acids is 2. The third-order valence-electron chi connectivity index (χ3n) is 3.99. The van der Waals surface area contributed by atoms with Gasteiger partial charge in [0.25, 0.3) is 0 Å². The molecular weight excluding hydrogens is 276 g/mol. The number of hydrogen-bond donors (Lipinski definition) is 1. The maximum absolute atomic E-state index is 12.0. The lowest BCUT2D eigenvalue weighted by molar-refractivity contribution is -0.326. The Bertz CT molecular complexity index is 510. The van der Waals surface area contributed by atoms with Gasteiger partial charge in [-0.1, -0.05) is 24.3 Å². The van der Waals surface area contributed by atoms with Crippen molar-refractivity contribution in [2.24, 2.45) is 0 Å². The fourth-order valence-electron chi connectivity index (χ4n) is 3.04. The van der Waals surface area contributed by atoms with E-state index in [1.54, 1.807) is 0 Å². The lowest BCUT2D eigenvalue weighted by Gasteiger charge is -2.40. The molecule has 0 amide bonds. The number of allylic oxidation sites excluding steroid dienone is 2. The van der Waals surface area contributed by atoms with E-state index >= 15 is 0 Å². The van der Waals surface area contributed by atoms with Gasteiger partial charge in [-0.2, -0.15) is 0 Å². The lowest BCUT2D eigenvalue weighted by Crippen LogP contribution is -2.54. The molecule has 0 aromatic rings. The van der Waals surface area contributed by atoms with Crippen molar-refractivity contribution in [1.29, 1.82) is 0 Å². The van der Waals surface area contributed by atoms with Crippen molar-refractivity contribution >= 4 is 11.8 Å². The summed E-state index contributed by atoms with van der Waals surface area (Å²) < 4.78 is 16.6. The molecule has 0 aromatic heterocycles. The second-order valence-electron chi connectivity index (χ2n) is 5.69. The summed E-state index contributed by atoms with van der Waals surface area (Å²) in [5, 5.41) is 9.80. The summed E-state index contributed by atoms with van der Waals surface area (Å²) >= 11 is 0. The molecule has 3 rings (SSSR count). The predicted molar refractivity (Wildman–Crippen MR) is 70.9 cm³/mol. The average Bonchev–Trinajstić information content (AvgIpc) is 2.74. The Kier molecular flexibility index (Phi) is 3.47. The summed E-state index contributed by atoms with van der Waals surface area (Å²) in [5.74, 6) is -2.19. The molecule has 3 atom stereocenters. The molecule has 3 aliphatic rings. The maximum atomic E-state index is 12.0. The van der Waals surface area contributed by atoms with Crippen LogP contribution in [0.15, 0.2) is 24.3 Å². The molecule has 0 radical (unpaired) electrons. The zero-order chi connectivity index (χ0) is 15.1. The Balaban J connectivity index is 1.80. The van der Waals surface area contributed by atoms with Gasteiger partial charge in [0, 0.05) is 13.3 Å². The fourth-order valence-corrected chi connectivity index (χ4v) is 3.04. The van der Waals surface area contributed by atoms with Gasteiger partial charge < -0.3 is 19.3 Å². The average molecular weight is 294 g/mol. The van der Waals surface area contributed by atoms with E-state index in [4.69, 9.17) is 14.2 Å². The van der Waals surface area contributed by atoms with Crippen LogP contribution in [0.1, 0.15) is 32.6 Å². The van der Waals surface area contributed by atoms with E-state index in [0.29, 0.717) is 12.8 Å². The Hall–Kier alpha value is -1.50. The largest absolute Gasteiger partial charge is 0.432 e. The highest BCUT2D eigenvalue weighted by Gasteiger charge is 2.55. The molecule has 1 unspecified atom stereocenters. The summed E-state index contributed by atoms with van der Waals surface area (Å²) in [5.41, 5.74) is -0.568. The quantitative estimate of drug-likeness (QED) is 0.573. The van der Waals surface area contributed by atoms with E-state index in [9.17, 15) is 14.7 Å². The highest BCUT2D eigenvalue weighted by molar-refractivity contribution is 5.85. The third kappa shape index (κ3) is 2.66. The van der Waals surface area contributed by atoms with Gasteiger partial charge in [0.2, 0.25) is 6.29 Å². The van der Waals surface area contributed by atoms with Crippen molar-refractivity contribution in [3.05, 3.63) is 24.3 Å². The van der Waals surface area contributed by atoms with Gasteiger partial charge in [0.1, 0.15) is 5.60 Å². The van der Waals surface area contributed by atoms with E-state index in [1.165, 1.54) is 6.92 Å². The maximum Gasteiger partial charge on any atom is 0.305 e. The van der Waals surface area contributed by atoms with Crippen LogP contribution in [-0.4, -0.2) is 40.6 Å². The van der Waals surface area contributed by atoms with Crippen LogP contribution in [0.3, 0.4) is 0 Å². The number of rotatable bonds is 1. The first-order valence-corrected chi connectivity index (χ1v) is 7.05. The van der Waals surface area contributed by atoms with Gasteiger partial charge in [0.05, 0.1) is 6.42 Å². The number of hydrogen-bond acceptors (Lipinski definition) is 6. The second kappa shape index (κ2) is 5.05. The monoisotopic (exact) mass is 294 g/mol. The van der Waals surface area contributed by atoms with Crippen LogP contribution in [0.2, 0.25) is 0 Å². The zero-order valence-corrected chi connectivity index (χ0v) is 11.8. The molecule has 6 nitrogen and oxygen atoms in total. The van der Waals surface area contributed by atoms with E-state index in [1.807, 2.05) is 24.3 Å². The second-order valence-corrected chi connectivity index (χ2v) is 5.69. The van der Waals surface area contributed by atoms with Crippen molar-refractivity contribution in [2.75, 3.05) is 0 Å². The van der Waals surface area contributed by atoms with Crippen LogP contribution in [0.5, 0.6) is 0 Å². The SMILES string of the molecule is CC(=O)O[C@H]1O[C@@]2(CCC3(C=CCC=C3)O2)CC(=O)C1O. The smallest absolute Gasteiger partial charge is 0.305 e. The number of ether oxygens (including phenoxy) is 3. The van der Waals surface area contributed by atoms with Crippen molar-refractivity contribution in [3.8, 4) is 0 Å². The predicted octanol–water partition coefficient (Wildman–Crippen LogP) is 0.987. The molecule has 2 aliphatic heterocycles. The van der Waals surface area contributed by atoms with E-state index in [0.717, 1.165) is 6.42 Å². The molecule has 2 spiro atoms. The number of ketones is 1. The Labute approximate surface area is 122 Å². The molecule has 1 aliphatic carbocycles. The number of carbonyl (C=O) groups is 2. The minimum Gasteiger partial charge on any atom is -0.432 e. The molecule has 0 bridgehead atoms. The number of aliphatic hydroxyl groups is 1. The van der Waals surface area contributed by atoms with Gasteiger partial charge >= 0.3 is 5.97 Å². The first-order valence-electron chi connectivity index (χ1n) is 7.05. The normalized spacial score (nSPS) is 37.3. The summed E-state index contributed by atoms with van der Waals surface area (Å²) in [6.45, 7) is 1.20. The van der Waals surface area contributed by atoms with Crippen LogP contribution in [0.4, 0.5) is 0 Å². The highest BCUT2D eigenvalue weighted by atomic mass is 16.8. The van der Waals surface area contributed by atoms with Crippen LogP contribution in [-0.2, 0) is 23.8 Å². The number of esters is 1. The zero-order valence-electron chi connectivity index (χ0n) is 11.8. The molecule has 2 heterocycles. The summed E-state index contributed by atoms with van der Waals surface area (Å²) in [6, 6.07) is 0. The van der Waals surface area contributed by atoms with Crippen LogP contribution >= 0.6 is 0 Å². The summed E-state index contributed by atoms with van der Waals surface area (Å²) in [4.78, 5) is 23.1. The number of aliphatic hydroxyl groups excluding tert-OH is 1. The highest BCUT2D eigenvalue weighted by Crippen LogP contribution is 2.46. The molecule has 114 valence electrons. The van der Waals surface area contributed by atoms with Gasteiger partial charge in [-0.05, 0) is 12.8 Å². The fraction of sp³-hybridized carbons (Fsp3) is 0.600. The van der Waals surface area contributed by atoms with Gasteiger partial charge in [-0.25, -0.2) is 0 Å². The molecular formula is C15H18O6. The number of Topliss-reactive ketones (excluding diaryl/α,β-unsaturated/α-hetero) is 1. The first kappa shape index (κ1) is 14.4. The minimum atomic E-state index is -1.46. The Morgan fingerprint density at radius 1 is 1.38 bits per heavy atom. The topological polar surface area (TPSA) is 82.1 Å². The van der Waals surface area contributed by atoms with Crippen LogP contribution in [0.25, 0.3) is 0 Å². The van der Waals surface area contributed by atoms with Crippen LogP contribution in [0, 0.1) is 0 Å². The van der Waals surface area contributed by atoms with Crippen LogP contribution < -0.4 is 0 Å². The van der Waals surface area contributed by atoms with E-state index in [2.05, 4.69) is 0 Å². The molecule has 21 heavy (non-hydrogen) atoms. The van der Waals surface area contributed by atoms with Gasteiger partial charge in [-0.3, -0.25) is 9.59 Å². The molecule has 2 saturated heterocycles. The van der Waals surface area contributed by atoms with Gasteiger partial charge in [0.15, 0.2) is 17.7 Å². The molecule has 0 aromatic carbocycles. The summed E-state index contributed by atoms with van der Waals surface area (Å²) in [6.07, 6.45) is 7.14. The van der Waals surface area contributed by atoms with Gasteiger partial charge in [-0.15, -0.1) is 0 Å².